The number of anilines is 1. The van der Waals surface area contributed by atoms with Crippen LogP contribution in [0, 0.1) is 0 Å². The van der Waals surface area contributed by atoms with Crippen molar-refractivity contribution in [1.29, 1.82) is 0 Å². The van der Waals surface area contributed by atoms with Crippen molar-refractivity contribution in [3.63, 3.8) is 0 Å². The number of rotatable bonds is 4. The molecule has 0 aliphatic rings. The largest absolute Gasteiger partial charge is 0.390 e. The third-order valence-corrected chi connectivity index (χ3v) is 3.61. The molecule has 2 aromatic rings. The minimum atomic E-state index is -0.174. The van der Waals surface area contributed by atoms with Crippen molar-refractivity contribution < 1.29 is 4.79 Å². The lowest BCUT2D eigenvalue weighted by molar-refractivity contribution is 0.0955. The molecule has 94 valence electrons. The Labute approximate surface area is 115 Å². The van der Waals surface area contributed by atoms with Gasteiger partial charge in [0.2, 0.25) is 0 Å². The van der Waals surface area contributed by atoms with Crippen LogP contribution in [0.25, 0.3) is 0 Å². The van der Waals surface area contributed by atoms with Crippen LogP contribution in [-0.4, -0.2) is 12.5 Å². The number of carbonyl (C=O) groups excluding carboxylic acids is 1. The van der Waals surface area contributed by atoms with Gasteiger partial charge in [-0.25, -0.2) is 0 Å². The maximum atomic E-state index is 11.8. The Bertz CT molecular complexity index is 539. The van der Waals surface area contributed by atoms with Gasteiger partial charge in [-0.15, -0.1) is 11.3 Å². The summed E-state index contributed by atoms with van der Waals surface area (Å²) in [4.78, 5) is 11.8. The Kier molecular flexibility index (Phi) is 4.23. The molecule has 5 heteroatoms. The van der Waals surface area contributed by atoms with E-state index in [2.05, 4.69) is 5.32 Å². The molecule has 3 nitrogen and oxygen atoms in total. The molecule has 1 amide bonds. The fraction of sp³-hybridized carbons (Fsp3) is 0.154. The number of nitrogens with two attached hydrogens (primary N) is 1. The van der Waals surface area contributed by atoms with Crippen molar-refractivity contribution >= 4 is 33.8 Å². The summed E-state index contributed by atoms with van der Waals surface area (Å²) in [7, 11) is 0. The lowest BCUT2D eigenvalue weighted by atomic mass is 10.1. The van der Waals surface area contributed by atoms with Gasteiger partial charge in [0.05, 0.1) is 9.90 Å². The summed E-state index contributed by atoms with van der Waals surface area (Å²) in [6.07, 6.45) is 0.796. The van der Waals surface area contributed by atoms with Crippen molar-refractivity contribution in [3.8, 4) is 0 Å². The fourth-order valence-corrected chi connectivity index (χ4v) is 2.62. The van der Waals surface area contributed by atoms with E-state index in [9.17, 15) is 4.79 Å². The smallest absolute Gasteiger partial charge is 0.254 e. The van der Waals surface area contributed by atoms with Gasteiger partial charge in [-0.3, -0.25) is 4.79 Å². The van der Waals surface area contributed by atoms with Crippen LogP contribution in [0.4, 0.5) is 5.00 Å². The molecule has 3 N–H and O–H groups in total. The second kappa shape index (κ2) is 5.89. The first-order valence-electron chi connectivity index (χ1n) is 5.54. The summed E-state index contributed by atoms with van der Waals surface area (Å²) in [5, 5.41) is 3.29. The maximum absolute atomic E-state index is 11.8. The highest BCUT2D eigenvalue weighted by molar-refractivity contribution is 7.20. The van der Waals surface area contributed by atoms with E-state index < -0.39 is 0 Å². The molecule has 18 heavy (non-hydrogen) atoms. The van der Waals surface area contributed by atoms with Gasteiger partial charge in [-0.05, 0) is 18.1 Å². The summed E-state index contributed by atoms with van der Waals surface area (Å²) in [5.74, 6) is -0.174. The number of amides is 1. The number of hydrogen-bond acceptors (Lipinski definition) is 3. The number of halogens is 1. The van der Waals surface area contributed by atoms with Crippen LogP contribution in [0.3, 0.4) is 0 Å². The molecule has 0 fully saturated rings. The molecule has 0 radical (unpaired) electrons. The minimum absolute atomic E-state index is 0.174. The van der Waals surface area contributed by atoms with Crippen LogP contribution in [0.5, 0.6) is 0 Å². The van der Waals surface area contributed by atoms with Crippen LogP contribution >= 0.6 is 22.9 Å². The van der Waals surface area contributed by atoms with Crippen molar-refractivity contribution in [2.45, 2.75) is 6.42 Å². The Hall–Kier alpha value is -1.52. The van der Waals surface area contributed by atoms with E-state index in [4.69, 9.17) is 17.3 Å². The SMILES string of the molecule is Nc1sc(Cl)cc1C(=O)NCCc1ccccc1. The molecule has 0 bridgehead atoms. The van der Waals surface area contributed by atoms with Gasteiger partial charge in [-0.1, -0.05) is 41.9 Å². The first-order chi connectivity index (χ1) is 8.66. The summed E-state index contributed by atoms with van der Waals surface area (Å²) >= 11 is 7.01. The third kappa shape index (κ3) is 3.24. The Morgan fingerprint density at radius 3 is 2.67 bits per heavy atom. The van der Waals surface area contributed by atoms with Gasteiger partial charge in [0.1, 0.15) is 5.00 Å². The molecular weight excluding hydrogens is 268 g/mol. The summed E-state index contributed by atoms with van der Waals surface area (Å²) in [5.41, 5.74) is 7.34. The fourth-order valence-electron chi connectivity index (χ4n) is 1.61. The Morgan fingerprint density at radius 2 is 2.06 bits per heavy atom. The zero-order chi connectivity index (χ0) is 13.0. The molecule has 1 heterocycles. The van der Waals surface area contributed by atoms with E-state index >= 15 is 0 Å². The van der Waals surface area contributed by atoms with Gasteiger partial charge < -0.3 is 11.1 Å². The summed E-state index contributed by atoms with van der Waals surface area (Å²) in [6, 6.07) is 11.6. The number of benzene rings is 1. The molecular formula is C13H13ClN2OS. The van der Waals surface area contributed by atoms with E-state index in [0.717, 1.165) is 6.42 Å². The van der Waals surface area contributed by atoms with Gasteiger partial charge in [-0.2, -0.15) is 0 Å². The van der Waals surface area contributed by atoms with Gasteiger partial charge in [0.15, 0.2) is 0 Å². The highest BCUT2D eigenvalue weighted by Crippen LogP contribution is 2.28. The average Bonchev–Trinajstić information content (AvgIpc) is 2.70. The van der Waals surface area contributed by atoms with Crippen LogP contribution in [0.15, 0.2) is 36.4 Å². The number of carbonyl (C=O) groups is 1. The predicted octanol–water partition coefficient (Wildman–Crippen LogP) is 2.96. The maximum Gasteiger partial charge on any atom is 0.254 e. The minimum Gasteiger partial charge on any atom is -0.390 e. The molecule has 2 rings (SSSR count). The number of thiophene rings is 1. The quantitative estimate of drug-likeness (QED) is 0.905. The van der Waals surface area contributed by atoms with E-state index in [1.54, 1.807) is 6.07 Å². The highest BCUT2D eigenvalue weighted by Gasteiger charge is 2.12. The van der Waals surface area contributed by atoms with Crippen LogP contribution < -0.4 is 11.1 Å². The summed E-state index contributed by atoms with van der Waals surface area (Å²) in [6.45, 7) is 0.579. The molecule has 0 saturated carbocycles. The Balaban J connectivity index is 1.87. The van der Waals surface area contributed by atoms with E-state index in [1.165, 1.54) is 16.9 Å². The molecule has 0 unspecified atom stereocenters. The topological polar surface area (TPSA) is 55.1 Å². The molecule has 0 spiro atoms. The molecule has 0 aliphatic carbocycles. The van der Waals surface area contributed by atoms with E-state index in [1.807, 2.05) is 30.3 Å². The van der Waals surface area contributed by atoms with Crippen LogP contribution in [-0.2, 0) is 6.42 Å². The number of nitrogen functional groups attached to an aromatic ring is 1. The average molecular weight is 281 g/mol. The van der Waals surface area contributed by atoms with Crippen molar-refractivity contribution in [2.24, 2.45) is 0 Å². The molecule has 0 saturated heterocycles. The Morgan fingerprint density at radius 1 is 1.33 bits per heavy atom. The first-order valence-corrected chi connectivity index (χ1v) is 6.73. The van der Waals surface area contributed by atoms with Crippen LogP contribution in [0.1, 0.15) is 15.9 Å². The zero-order valence-corrected chi connectivity index (χ0v) is 11.2. The zero-order valence-electron chi connectivity index (χ0n) is 9.65. The third-order valence-electron chi connectivity index (χ3n) is 2.52. The van der Waals surface area contributed by atoms with Crippen LogP contribution in [0.2, 0.25) is 4.34 Å². The first kappa shape index (κ1) is 12.9. The molecule has 0 aliphatic heterocycles. The van der Waals surface area contributed by atoms with E-state index in [-0.39, 0.29) is 5.91 Å². The summed E-state index contributed by atoms with van der Waals surface area (Å²) < 4.78 is 0.528. The van der Waals surface area contributed by atoms with Gasteiger partial charge in [0, 0.05) is 6.54 Å². The predicted molar refractivity (Wildman–Crippen MR) is 76.2 cm³/mol. The molecule has 1 aromatic heterocycles. The second-order valence-corrected chi connectivity index (χ2v) is 5.54. The molecule has 1 aromatic carbocycles. The lowest BCUT2D eigenvalue weighted by Gasteiger charge is -2.04. The van der Waals surface area contributed by atoms with Crippen molar-refractivity contribution in [3.05, 3.63) is 51.9 Å². The second-order valence-electron chi connectivity index (χ2n) is 3.82. The van der Waals surface area contributed by atoms with Gasteiger partial charge >= 0.3 is 0 Å². The van der Waals surface area contributed by atoms with E-state index in [0.29, 0.717) is 21.4 Å². The van der Waals surface area contributed by atoms with Gasteiger partial charge in [0.25, 0.3) is 5.91 Å². The highest BCUT2D eigenvalue weighted by atomic mass is 35.5. The van der Waals surface area contributed by atoms with Crippen molar-refractivity contribution in [1.82, 2.24) is 5.32 Å². The standard InChI is InChI=1S/C13H13ClN2OS/c14-11-8-10(12(15)18-11)13(17)16-7-6-9-4-2-1-3-5-9/h1-5,8H,6-7,15H2,(H,16,17). The number of nitrogens with one attached hydrogen (secondary N) is 1. The monoisotopic (exact) mass is 280 g/mol. The van der Waals surface area contributed by atoms with Crippen molar-refractivity contribution in [2.75, 3.05) is 12.3 Å². The lowest BCUT2D eigenvalue weighted by Crippen LogP contribution is -2.25. The molecule has 0 atom stereocenters. The normalized spacial score (nSPS) is 10.3. The number of hydrogen-bond donors (Lipinski definition) is 2.